The number of para-hydroxylation sites is 2. The molecule has 0 spiro atoms. The molecule has 0 N–H and O–H groups in total. The van der Waals surface area contributed by atoms with Gasteiger partial charge in [-0.2, -0.15) is 0 Å². The number of benzene rings is 5. The van der Waals surface area contributed by atoms with Crippen molar-refractivity contribution in [1.29, 1.82) is 0 Å². The highest BCUT2D eigenvalue weighted by atomic mass is 15.1. The van der Waals surface area contributed by atoms with E-state index in [1.807, 2.05) is 30.3 Å². The van der Waals surface area contributed by atoms with Crippen LogP contribution in [0.1, 0.15) is 0 Å². The summed E-state index contributed by atoms with van der Waals surface area (Å²) in [6.45, 7) is 0. The van der Waals surface area contributed by atoms with E-state index in [1.165, 1.54) is 11.1 Å². The lowest BCUT2D eigenvalue weighted by Crippen LogP contribution is -1.99. The number of nitrogens with zero attached hydrogens (tertiary/aromatic N) is 3. The van der Waals surface area contributed by atoms with E-state index in [9.17, 15) is 0 Å². The second-order valence-corrected chi connectivity index (χ2v) is 9.09. The van der Waals surface area contributed by atoms with Crippen LogP contribution in [-0.2, 0) is 0 Å². The van der Waals surface area contributed by atoms with Crippen molar-refractivity contribution in [3.05, 3.63) is 140 Å². The maximum absolute atomic E-state index is 5.18. The van der Waals surface area contributed by atoms with Gasteiger partial charge in [-0.25, -0.2) is 9.97 Å². The Kier molecular flexibility index (Phi) is 5.11. The number of hydrogen-bond acceptors (Lipinski definition) is 2. The van der Waals surface area contributed by atoms with Gasteiger partial charge in [0.15, 0.2) is 5.82 Å². The van der Waals surface area contributed by atoms with Gasteiger partial charge >= 0.3 is 0 Å². The molecule has 0 aliphatic carbocycles. The first-order valence-electron chi connectivity index (χ1n) is 12.4. The van der Waals surface area contributed by atoms with E-state index in [1.54, 1.807) is 0 Å². The van der Waals surface area contributed by atoms with Crippen LogP contribution in [0.5, 0.6) is 0 Å². The van der Waals surface area contributed by atoms with Crippen molar-refractivity contribution in [2.75, 3.05) is 0 Å². The quantitative estimate of drug-likeness (QED) is 0.256. The van der Waals surface area contributed by atoms with E-state index in [0.717, 1.165) is 50.3 Å². The fourth-order valence-electron chi connectivity index (χ4n) is 5.07. The van der Waals surface area contributed by atoms with Crippen LogP contribution in [0.4, 0.5) is 0 Å². The number of aromatic nitrogens is 3. The molecule has 0 atom stereocenters. The van der Waals surface area contributed by atoms with Crippen molar-refractivity contribution in [3.8, 4) is 39.5 Å². The molecule has 3 nitrogen and oxygen atoms in total. The summed E-state index contributed by atoms with van der Waals surface area (Å²) in [4.78, 5) is 10.3. The van der Waals surface area contributed by atoms with Crippen LogP contribution in [-0.4, -0.2) is 14.5 Å². The molecule has 2 heterocycles. The van der Waals surface area contributed by atoms with Crippen molar-refractivity contribution in [2.24, 2.45) is 0 Å². The van der Waals surface area contributed by atoms with Gasteiger partial charge in [0, 0.05) is 22.2 Å². The Bertz CT molecular complexity index is 1840. The topological polar surface area (TPSA) is 30.7 Å². The van der Waals surface area contributed by atoms with E-state index in [4.69, 9.17) is 9.97 Å². The van der Waals surface area contributed by atoms with Gasteiger partial charge in [-0.05, 0) is 29.3 Å². The van der Waals surface area contributed by atoms with E-state index in [0.29, 0.717) is 0 Å². The Morgan fingerprint density at radius 1 is 0.432 bits per heavy atom. The molecule has 5 aromatic carbocycles. The van der Waals surface area contributed by atoms with Crippen molar-refractivity contribution in [2.45, 2.75) is 0 Å². The molecule has 0 aliphatic rings. The van der Waals surface area contributed by atoms with Gasteiger partial charge in [0.2, 0.25) is 0 Å². The summed E-state index contributed by atoms with van der Waals surface area (Å²) in [5, 5.41) is 2.20. The fourth-order valence-corrected chi connectivity index (χ4v) is 5.07. The summed E-state index contributed by atoms with van der Waals surface area (Å²) in [7, 11) is 0. The highest BCUT2D eigenvalue weighted by molar-refractivity contribution is 6.14. The standard InChI is InChI=1S/C34H23N3/c1-4-12-24(13-5-1)25-20-22-26(23-21-25)32-31-29-18-10-11-19-30(29)37(28-16-8-3-9-17-28)34(31)36-33(35-32)27-14-6-2-7-15-27/h1-23H. The van der Waals surface area contributed by atoms with Crippen LogP contribution < -0.4 is 0 Å². The molecule has 0 fully saturated rings. The minimum atomic E-state index is 0.718. The molecule has 7 aromatic rings. The van der Waals surface area contributed by atoms with Crippen molar-refractivity contribution < 1.29 is 0 Å². The molecule has 0 bridgehead atoms. The third kappa shape index (κ3) is 3.69. The molecule has 0 unspecified atom stereocenters. The fraction of sp³-hybridized carbons (Fsp3) is 0. The van der Waals surface area contributed by atoms with Gasteiger partial charge in [0.05, 0.1) is 16.6 Å². The summed E-state index contributed by atoms with van der Waals surface area (Å²) >= 11 is 0. The average Bonchev–Trinajstić information content (AvgIpc) is 3.32. The van der Waals surface area contributed by atoms with Crippen LogP contribution >= 0.6 is 0 Å². The summed E-state index contributed by atoms with van der Waals surface area (Å²) in [5.41, 5.74) is 8.49. The van der Waals surface area contributed by atoms with Gasteiger partial charge in [-0.3, -0.25) is 4.57 Å². The molecule has 3 heteroatoms. The zero-order valence-corrected chi connectivity index (χ0v) is 20.1. The Morgan fingerprint density at radius 2 is 0.973 bits per heavy atom. The lowest BCUT2D eigenvalue weighted by atomic mass is 10.0. The van der Waals surface area contributed by atoms with Gasteiger partial charge in [-0.15, -0.1) is 0 Å². The van der Waals surface area contributed by atoms with Crippen LogP contribution in [0.25, 0.3) is 61.4 Å². The van der Waals surface area contributed by atoms with Crippen molar-refractivity contribution in [1.82, 2.24) is 14.5 Å². The van der Waals surface area contributed by atoms with E-state index >= 15 is 0 Å². The zero-order valence-electron chi connectivity index (χ0n) is 20.1. The monoisotopic (exact) mass is 473 g/mol. The lowest BCUT2D eigenvalue weighted by molar-refractivity contribution is 1.11. The van der Waals surface area contributed by atoms with Crippen LogP contribution in [0.15, 0.2) is 140 Å². The van der Waals surface area contributed by atoms with Gasteiger partial charge in [0.25, 0.3) is 0 Å². The minimum absolute atomic E-state index is 0.718. The van der Waals surface area contributed by atoms with Crippen LogP contribution in [0.2, 0.25) is 0 Å². The third-order valence-electron chi connectivity index (χ3n) is 6.83. The number of rotatable bonds is 4. The Hall–Kier alpha value is -5.02. The number of fused-ring (bicyclic) bond motifs is 3. The molecule has 7 rings (SSSR count). The molecule has 0 saturated carbocycles. The normalized spacial score (nSPS) is 11.2. The van der Waals surface area contributed by atoms with Crippen molar-refractivity contribution >= 4 is 21.9 Å². The van der Waals surface area contributed by atoms with Gasteiger partial charge in [-0.1, -0.05) is 121 Å². The van der Waals surface area contributed by atoms with E-state index in [-0.39, 0.29) is 0 Å². The predicted octanol–water partition coefficient (Wildman–Crippen LogP) is 8.57. The average molecular weight is 474 g/mol. The summed E-state index contributed by atoms with van der Waals surface area (Å²) < 4.78 is 2.25. The van der Waals surface area contributed by atoms with E-state index < -0.39 is 0 Å². The maximum atomic E-state index is 5.18. The molecule has 0 amide bonds. The summed E-state index contributed by atoms with van der Waals surface area (Å²) in [5.74, 6) is 0.718. The Balaban J connectivity index is 1.54. The molecule has 0 saturated heterocycles. The first kappa shape index (κ1) is 21.3. The maximum Gasteiger partial charge on any atom is 0.162 e. The first-order chi connectivity index (χ1) is 18.4. The Morgan fingerprint density at radius 3 is 1.68 bits per heavy atom. The smallest absolute Gasteiger partial charge is 0.162 e. The molecule has 174 valence electrons. The van der Waals surface area contributed by atoms with Crippen LogP contribution in [0.3, 0.4) is 0 Å². The first-order valence-corrected chi connectivity index (χ1v) is 12.4. The SMILES string of the molecule is c1ccc(-c2ccc(-c3nc(-c4ccccc4)nc4c3c3ccccc3n4-c3ccccc3)cc2)cc1. The molecular formula is C34H23N3. The van der Waals surface area contributed by atoms with Crippen molar-refractivity contribution in [3.63, 3.8) is 0 Å². The highest BCUT2D eigenvalue weighted by Gasteiger charge is 2.20. The largest absolute Gasteiger partial charge is 0.294 e. The zero-order chi connectivity index (χ0) is 24.6. The minimum Gasteiger partial charge on any atom is -0.294 e. The predicted molar refractivity (Wildman–Crippen MR) is 153 cm³/mol. The van der Waals surface area contributed by atoms with Crippen LogP contribution in [0, 0.1) is 0 Å². The molecule has 37 heavy (non-hydrogen) atoms. The third-order valence-corrected chi connectivity index (χ3v) is 6.83. The lowest BCUT2D eigenvalue weighted by Gasteiger charge is -2.11. The van der Waals surface area contributed by atoms with Gasteiger partial charge in [0.1, 0.15) is 5.65 Å². The second-order valence-electron chi connectivity index (χ2n) is 9.09. The number of hydrogen-bond donors (Lipinski definition) is 0. The summed E-state index contributed by atoms with van der Waals surface area (Å²) in [6.07, 6.45) is 0. The molecular weight excluding hydrogens is 450 g/mol. The molecule has 2 aromatic heterocycles. The second kappa shape index (κ2) is 8.89. The molecule has 0 radical (unpaired) electrons. The summed E-state index contributed by atoms with van der Waals surface area (Å²) in [6, 6.07) is 48.3. The van der Waals surface area contributed by atoms with E-state index in [2.05, 4.69) is 114 Å². The highest BCUT2D eigenvalue weighted by Crippen LogP contribution is 2.38. The molecule has 0 aliphatic heterocycles. The Labute approximate surface area is 215 Å². The van der Waals surface area contributed by atoms with Gasteiger partial charge < -0.3 is 0 Å².